The van der Waals surface area contributed by atoms with Gasteiger partial charge in [-0.05, 0) is 52.2 Å². The zero-order chi connectivity index (χ0) is 21.9. The molecule has 3 atom stereocenters. The van der Waals surface area contributed by atoms with Crippen LogP contribution in [0, 0.1) is 11.6 Å². The molecule has 0 radical (unpaired) electrons. The Morgan fingerprint density at radius 2 is 1.43 bits per heavy atom. The molecule has 2 aromatic carbocycles. The first kappa shape index (κ1) is 21.9. The predicted octanol–water partition coefficient (Wildman–Crippen LogP) is 2.03. The quantitative estimate of drug-likeness (QED) is 0.517. The van der Waals surface area contributed by atoms with Gasteiger partial charge >= 0.3 is 0 Å². The number of rotatable bonds is 8. The number of aryl methyl sites for hydroxylation is 1. The second kappa shape index (κ2) is 8.95. The molecular weight excluding hydrogens is 394 g/mol. The van der Waals surface area contributed by atoms with E-state index < -0.39 is 35.4 Å². The lowest BCUT2D eigenvalue weighted by Crippen LogP contribution is -2.43. The zero-order valence-corrected chi connectivity index (χ0v) is 16.7. The lowest BCUT2D eigenvalue weighted by atomic mass is 9.73. The van der Waals surface area contributed by atoms with Crippen LogP contribution in [0.2, 0.25) is 0 Å². The van der Waals surface area contributed by atoms with Crippen LogP contribution in [0.15, 0.2) is 48.5 Å². The summed E-state index contributed by atoms with van der Waals surface area (Å²) >= 11 is 0. The van der Waals surface area contributed by atoms with Crippen molar-refractivity contribution in [3.8, 4) is 0 Å². The highest BCUT2D eigenvalue weighted by Gasteiger charge is 2.46. The monoisotopic (exact) mass is 418 g/mol. The molecule has 0 aliphatic heterocycles. The number of tetrazole rings is 1. The normalized spacial score (nSPS) is 15.7. The molecule has 30 heavy (non-hydrogen) atoms. The highest BCUT2D eigenvalue weighted by molar-refractivity contribution is 5.38. The molecule has 1 aromatic heterocycles. The van der Waals surface area contributed by atoms with Gasteiger partial charge in [-0.25, -0.2) is 13.5 Å². The number of aliphatic hydroxyl groups excluding tert-OH is 2. The van der Waals surface area contributed by atoms with Crippen molar-refractivity contribution in [3.05, 3.63) is 77.1 Å². The lowest BCUT2D eigenvalue weighted by molar-refractivity contribution is -0.0731. The highest BCUT2D eigenvalue weighted by atomic mass is 19.1. The van der Waals surface area contributed by atoms with Gasteiger partial charge in [-0.2, -0.15) is 0 Å². The Morgan fingerprint density at radius 3 is 1.83 bits per heavy atom. The largest absolute Gasteiger partial charge is 0.390 e. The summed E-state index contributed by atoms with van der Waals surface area (Å²) in [6.45, 7) is 1.70. The summed E-state index contributed by atoms with van der Waals surface area (Å²) in [6, 6.07) is 11.0. The lowest BCUT2D eigenvalue weighted by Gasteiger charge is -2.37. The molecule has 160 valence electrons. The van der Waals surface area contributed by atoms with Gasteiger partial charge in [0.25, 0.3) is 0 Å². The highest BCUT2D eigenvalue weighted by Crippen LogP contribution is 2.44. The molecule has 0 bridgehead atoms. The Morgan fingerprint density at radius 1 is 0.933 bits per heavy atom. The average Bonchev–Trinajstić information content (AvgIpc) is 3.17. The molecule has 0 aliphatic carbocycles. The second-order valence-electron chi connectivity index (χ2n) is 7.33. The first-order chi connectivity index (χ1) is 14.3. The topological polar surface area (TPSA) is 104 Å². The van der Waals surface area contributed by atoms with Gasteiger partial charge in [-0.1, -0.05) is 31.2 Å². The molecule has 3 rings (SSSR count). The van der Waals surface area contributed by atoms with E-state index in [1.807, 2.05) is 0 Å². The number of nitrogens with zero attached hydrogens (tertiary/aromatic N) is 4. The minimum Gasteiger partial charge on any atom is -0.390 e. The molecule has 0 spiro atoms. The van der Waals surface area contributed by atoms with E-state index in [4.69, 9.17) is 0 Å². The predicted molar refractivity (Wildman–Crippen MR) is 104 cm³/mol. The smallest absolute Gasteiger partial charge is 0.183 e. The second-order valence-corrected chi connectivity index (χ2v) is 7.33. The Bertz CT molecular complexity index is 920. The van der Waals surface area contributed by atoms with Gasteiger partial charge in [-0.15, -0.1) is 5.10 Å². The molecule has 0 saturated heterocycles. The summed E-state index contributed by atoms with van der Waals surface area (Å²) in [4.78, 5) is 0. The first-order valence-electron chi connectivity index (χ1n) is 9.58. The summed E-state index contributed by atoms with van der Waals surface area (Å²) in [6.07, 6.45) is -2.42. The molecule has 0 amide bonds. The van der Waals surface area contributed by atoms with Gasteiger partial charge in [-0.3, -0.25) is 0 Å². The molecule has 2 unspecified atom stereocenters. The molecule has 0 saturated carbocycles. The fourth-order valence-electron chi connectivity index (χ4n) is 3.72. The summed E-state index contributed by atoms with van der Waals surface area (Å²) < 4.78 is 28.4. The minimum absolute atomic E-state index is 0.0449. The van der Waals surface area contributed by atoms with Crippen molar-refractivity contribution in [3.63, 3.8) is 0 Å². The number of aliphatic hydroxyl groups is 3. The van der Waals surface area contributed by atoms with Gasteiger partial charge < -0.3 is 15.3 Å². The van der Waals surface area contributed by atoms with E-state index in [1.165, 1.54) is 60.3 Å². The SMILES string of the molecule is CC[C@H](O)C(O)CC(O)(c1nnnn1C)C(c1ccc(F)cc1)c1ccc(F)cc1. The molecular formula is C21H24F2N4O3. The van der Waals surface area contributed by atoms with E-state index in [9.17, 15) is 24.1 Å². The third-order valence-electron chi connectivity index (χ3n) is 5.27. The minimum atomic E-state index is -1.90. The maximum absolute atomic E-state index is 13.6. The van der Waals surface area contributed by atoms with Crippen LogP contribution in [0.1, 0.15) is 42.6 Å². The van der Waals surface area contributed by atoms with E-state index in [0.717, 1.165) is 0 Å². The number of halogens is 2. The van der Waals surface area contributed by atoms with Crippen molar-refractivity contribution in [2.24, 2.45) is 7.05 Å². The summed E-state index contributed by atoms with van der Waals surface area (Å²) in [5.41, 5.74) is -0.887. The maximum Gasteiger partial charge on any atom is 0.183 e. The Hall–Kier alpha value is -2.75. The Labute approximate surface area is 172 Å². The van der Waals surface area contributed by atoms with Crippen LogP contribution in [0.5, 0.6) is 0 Å². The van der Waals surface area contributed by atoms with Crippen molar-refractivity contribution >= 4 is 0 Å². The zero-order valence-electron chi connectivity index (χ0n) is 16.7. The molecule has 7 nitrogen and oxygen atoms in total. The maximum atomic E-state index is 13.6. The summed E-state index contributed by atoms with van der Waals surface area (Å²) in [5, 5.41) is 44.0. The van der Waals surface area contributed by atoms with Crippen molar-refractivity contribution in [2.75, 3.05) is 0 Å². The Balaban J connectivity index is 2.21. The van der Waals surface area contributed by atoms with Crippen LogP contribution < -0.4 is 0 Å². The third-order valence-corrected chi connectivity index (χ3v) is 5.27. The Kier molecular flexibility index (Phi) is 6.55. The van der Waals surface area contributed by atoms with E-state index in [-0.39, 0.29) is 18.7 Å². The fraction of sp³-hybridized carbons (Fsp3) is 0.381. The van der Waals surface area contributed by atoms with Crippen molar-refractivity contribution in [2.45, 2.75) is 43.5 Å². The van der Waals surface area contributed by atoms with E-state index in [1.54, 1.807) is 6.92 Å². The van der Waals surface area contributed by atoms with Crippen LogP contribution in [0.3, 0.4) is 0 Å². The molecule has 1 heterocycles. The molecule has 0 aliphatic rings. The van der Waals surface area contributed by atoms with E-state index in [0.29, 0.717) is 11.1 Å². The van der Waals surface area contributed by atoms with Gasteiger partial charge in [0, 0.05) is 19.4 Å². The first-order valence-corrected chi connectivity index (χ1v) is 9.58. The van der Waals surface area contributed by atoms with Crippen LogP contribution >= 0.6 is 0 Å². The van der Waals surface area contributed by atoms with Gasteiger partial charge in [0.2, 0.25) is 0 Å². The molecule has 9 heteroatoms. The van der Waals surface area contributed by atoms with Gasteiger partial charge in [0.05, 0.1) is 12.2 Å². The number of aromatic nitrogens is 4. The molecule has 3 aromatic rings. The molecule has 0 fully saturated rings. The van der Waals surface area contributed by atoms with E-state index in [2.05, 4.69) is 15.5 Å². The van der Waals surface area contributed by atoms with Crippen molar-refractivity contribution in [1.29, 1.82) is 0 Å². The third kappa shape index (κ3) is 4.38. The number of hydrogen-bond donors (Lipinski definition) is 3. The summed E-state index contributed by atoms with van der Waals surface area (Å²) in [5.74, 6) is -1.76. The number of hydrogen-bond acceptors (Lipinski definition) is 6. The van der Waals surface area contributed by atoms with Crippen molar-refractivity contribution < 1.29 is 24.1 Å². The van der Waals surface area contributed by atoms with E-state index >= 15 is 0 Å². The molecule has 3 N–H and O–H groups in total. The summed E-state index contributed by atoms with van der Waals surface area (Å²) in [7, 11) is 1.54. The van der Waals surface area contributed by atoms with Gasteiger partial charge in [0.15, 0.2) is 5.82 Å². The van der Waals surface area contributed by atoms with Crippen molar-refractivity contribution in [1.82, 2.24) is 20.2 Å². The van der Waals surface area contributed by atoms with Crippen LogP contribution in [-0.2, 0) is 12.6 Å². The van der Waals surface area contributed by atoms with Crippen LogP contribution in [-0.4, -0.2) is 47.7 Å². The van der Waals surface area contributed by atoms with Crippen LogP contribution in [0.25, 0.3) is 0 Å². The van der Waals surface area contributed by atoms with Crippen LogP contribution in [0.4, 0.5) is 8.78 Å². The standard InChI is InChI=1S/C21H24F2N4O3/c1-3-17(28)18(29)12-21(30,20-24-25-26-27(20)2)19(13-4-8-15(22)9-5-13)14-6-10-16(23)11-7-14/h4-11,17-19,28-30H,3,12H2,1-2H3/t17-,18?,21?/m0/s1. The number of benzene rings is 2. The fourth-order valence-corrected chi connectivity index (χ4v) is 3.72. The van der Waals surface area contributed by atoms with Gasteiger partial charge in [0.1, 0.15) is 17.2 Å². The average molecular weight is 418 g/mol.